The molecule has 0 atom stereocenters. The van der Waals surface area contributed by atoms with Crippen molar-refractivity contribution in [3.63, 3.8) is 0 Å². The van der Waals surface area contributed by atoms with Gasteiger partial charge in [0, 0.05) is 11.8 Å². The van der Waals surface area contributed by atoms with Gasteiger partial charge in [0.15, 0.2) is 0 Å². The minimum Gasteiger partial charge on any atom is -0.476 e. The number of carboxylic acid groups (broad SMARTS) is 1. The van der Waals surface area contributed by atoms with Crippen LogP contribution in [-0.4, -0.2) is 27.0 Å². The van der Waals surface area contributed by atoms with Crippen LogP contribution >= 0.6 is 11.3 Å². The van der Waals surface area contributed by atoms with Gasteiger partial charge in [-0.2, -0.15) is 0 Å². The fraction of sp³-hybridized carbons (Fsp3) is 0. The predicted octanol–water partition coefficient (Wildman–Crippen LogP) is 3.09. The highest BCUT2D eigenvalue weighted by molar-refractivity contribution is 7.20. The van der Waals surface area contributed by atoms with Gasteiger partial charge in [0.05, 0.1) is 21.3 Å². The van der Waals surface area contributed by atoms with Crippen LogP contribution in [0.5, 0.6) is 0 Å². The fourth-order valence-electron chi connectivity index (χ4n) is 2.66. The number of hydrogen-bond donors (Lipinski definition) is 3. The monoisotopic (exact) mass is 365 g/mol. The summed E-state index contributed by atoms with van der Waals surface area (Å²) in [6.45, 7) is 0. The molecular formula is C18H11N3O4S. The van der Waals surface area contributed by atoms with Gasteiger partial charge >= 0.3 is 5.97 Å². The zero-order valence-corrected chi connectivity index (χ0v) is 14.0. The number of amides is 1. The maximum absolute atomic E-state index is 12.6. The molecule has 1 amide bonds. The standard InChI is InChI=1S/C18H11N3O4S/c22-14-7-4-9-2-1-3-11(15(9)21-14)16(23)19-10-5-6-12-13(8-10)26-17(20-12)18(24)25/h1-8H,(H,19,23)(H,21,22)(H,24,25). The molecule has 2 heterocycles. The summed E-state index contributed by atoms with van der Waals surface area (Å²) in [7, 11) is 0. The molecule has 3 N–H and O–H groups in total. The number of fused-ring (bicyclic) bond motifs is 2. The molecule has 0 saturated heterocycles. The zero-order chi connectivity index (χ0) is 18.3. The molecule has 7 nitrogen and oxygen atoms in total. The van der Waals surface area contributed by atoms with E-state index in [2.05, 4.69) is 15.3 Å². The number of carbonyl (C=O) groups excluding carboxylic acids is 1. The molecule has 4 rings (SSSR count). The summed E-state index contributed by atoms with van der Waals surface area (Å²) in [4.78, 5) is 41.9. The van der Waals surface area contributed by atoms with Gasteiger partial charge in [-0.25, -0.2) is 9.78 Å². The van der Waals surface area contributed by atoms with Gasteiger partial charge in [-0.1, -0.05) is 12.1 Å². The number of H-pyrrole nitrogens is 1. The molecule has 0 saturated carbocycles. The van der Waals surface area contributed by atoms with Crippen molar-refractivity contribution in [1.82, 2.24) is 9.97 Å². The Morgan fingerprint density at radius 3 is 2.77 bits per heavy atom. The quantitative estimate of drug-likeness (QED) is 0.516. The number of anilines is 1. The normalized spacial score (nSPS) is 10.9. The van der Waals surface area contributed by atoms with Crippen molar-refractivity contribution >= 4 is 50.0 Å². The summed E-state index contributed by atoms with van der Waals surface area (Å²) in [5.41, 5.74) is 1.59. The summed E-state index contributed by atoms with van der Waals surface area (Å²) >= 11 is 1.04. The number of carbonyl (C=O) groups is 2. The average molecular weight is 365 g/mol. The molecule has 2 aromatic heterocycles. The number of benzene rings is 2. The summed E-state index contributed by atoms with van der Waals surface area (Å²) in [5.74, 6) is -1.46. The molecule has 0 fully saturated rings. The van der Waals surface area contributed by atoms with Crippen molar-refractivity contribution in [2.75, 3.05) is 5.32 Å². The number of carboxylic acids is 1. The molecule has 8 heteroatoms. The second-order valence-electron chi connectivity index (χ2n) is 5.55. The highest BCUT2D eigenvalue weighted by Gasteiger charge is 2.14. The number of pyridine rings is 1. The maximum Gasteiger partial charge on any atom is 0.365 e. The summed E-state index contributed by atoms with van der Waals surface area (Å²) < 4.78 is 0.659. The topological polar surface area (TPSA) is 112 Å². The number of aromatic carboxylic acids is 1. The smallest absolute Gasteiger partial charge is 0.365 e. The van der Waals surface area contributed by atoms with Crippen LogP contribution in [0, 0.1) is 0 Å². The van der Waals surface area contributed by atoms with Gasteiger partial charge in [0.25, 0.3) is 5.91 Å². The fourth-order valence-corrected chi connectivity index (χ4v) is 3.50. The lowest BCUT2D eigenvalue weighted by Crippen LogP contribution is -2.14. The first kappa shape index (κ1) is 16.0. The Labute approximate surface area is 149 Å². The van der Waals surface area contributed by atoms with Crippen LogP contribution in [0.1, 0.15) is 20.2 Å². The highest BCUT2D eigenvalue weighted by atomic mass is 32.1. The second kappa shape index (κ2) is 6.08. The van der Waals surface area contributed by atoms with Gasteiger partial charge in [-0.05, 0) is 35.7 Å². The molecule has 2 aromatic carbocycles. The third-order valence-electron chi connectivity index (χ3n) is 3.83. The van der Waals surface area contributed by atoms with E-state index in [9.17, 15) is 14.4 Å². The van der Waals surface area contributed by atoms with Gasteiger partial charge in [-0.3, -0.25) is 9.59 Å². The van der Waals surface area contributed by atoms with E-state index in [-0.39, 0.29) is 16.5 Å². The number of nitrogens with one attached hydrogen (secondary N) is 2. The molecule has 128 valence electrons. The number of aromatic nitrogens is 2. The SMILES string of the molecule is O=C(O)c1nc2ccc(NC(=O)c3cccc4ccc(=O)[nH]c34)cc2s1. The average Bonchev–Trinajstić information content (AvgIpc) is 3.04. The van der Waals surface area contributed by atoms with Crippen molar-refractivity contribution in [2.24, 2.45) is 0 Å². The molecule has 4 aromatic rings. The molecule has 26 heavy (non-hydrogen) atoms. The van der Waals surface area contributed by atoms with Crippen molar-refractivity contribution in [1.29, 1.82) is 0 Å². The van der Waals surface area contributed by atoms with Crippen molar-refractivity contribution in [3.05, 3.63) is 69.5 Å². The minimum absolute atomic E-state index is 0.00453. The first-order valence-corrected chi connectivity index (χ1v) is 8.40. The Hall–Kier alpha value is -3.52. The number of rotatable bonds is 3. The molecule has 0 aliphatic carbocycles. The first-order chi connectivity index (χ1) is 12.5. The van der Waals surface area contributed by atoms with Crippen LogP contribution in [0.25, 0.3) is 21.1 Å². The summed E-state index contributed by atoms with van der Waals surface area (Å²) in [6.07, 6.45) is 0. The van der Waals surface area contributed by atoms with E-state index in [0.717, 1.165) is 16.7 Å². The van der Waals surface area contributed by atoms with Gasteiger partial charge in [0.2, 0.25) is 10.6 Å². The van der Waals surface area contributed by atoms with Crippen LogP contribution in [0.15, 0.2) is 53.3 Å². The Morgan fingerprint density at radius 1 is 1.12 bits per heavy atom. The molecule has 0 aliphatic heterocycles. The van der Waals surface area contributed by atoms with Crippen molar-refractivity contribution in [3.8, 4) is 0 Å². The third kappa shape index (κ3) is 2.82. The molecule has 0 spiro atoms. The Kier molecular flexibility index (Phi) is 3.74. The summed E-state index contributed by atoms with van der Waals surface area (Å²) in [6, 6.07) is 13.2. The van der Waals surface area contributed by atoms with E-state index in [1.165, 1.54) is 6.07 Å². The van der Waals surface area contributed by atoms with E-state index >= 15 is 0 Å². The first-order valence-electron chi connectivity index (χ1n) is 7.58. The maximum atomic E-state index is 12.6. The zero-order valence-electron chi connectivity index (χ0n) is 13.1. The number of thiazole rings is 1. The van der Waals surface area contributed by atoms with Crippen LogP contribution < -0.4 is 10.9 Å². The number of nitrogens with zero attached hydrogens (tertiary/aromatic N) is 1. The van der Waals surface area contributed by atoms with Crippen LogP contribution in [0.3, 0.4) is 0 Å². The number of hydrogen-bond acceptors (Lipinski definition) is 5. The van der Waals surface area contributed by atoms with Crippen LogP contribution in [-0.2, 0) is 0 Å². The molecular weight excluding hydrogens is 354 g/mol. The summed E-state index contributed by atoms with van der Waals surface area (Å²) in [5, 5.41) is 12.5. The largest absolute Gasteiger partial charge is 0.476 e. The minimum atomic E-state index is -1.09. The van der Waals surface area contributed by atoms with E-state index in [1.54, 1.807) is 42.5 Å². The molecule has 0 unspecified atom stereocenters. The van der Waals surface area contributed by atoms with Crippen molar-refractivity contribution in [2.45, 2.75) is 0 Å². The molecule has 0 bridgehead atoms. The van der Waals surface area contributed by atoms with Gasteiger partial charge in [0.1, 0.15) is 0 Å². The second-order valence-corrected chi connectivity index (χ2v) is 6.58. The van der Waals surface area contributed by atoms with E-state index in [1.807, 2.05) is 0 Å². The number of para-hydroxylation sites is 1. The lowest BCUT2D eigenvalue weighted by Gasteiger charge is -2.08. The van der Waals surface area contributed by atoms with Crippen LogP contribution in [0.4, 0.5) is 5.69 Å². The Balaban J connectivity index is 1.70. The third-order valence-corrected chi connectivity index (χ3v) is 4.84. The Morgan fingerprint density at radius 2 is 1.96 bits per heavy atom. The number of aromatic amines is 1. The predicted molar refractivity (Wildman–Crippen MR) is 99.1 cm³/mol. The molecule has 0 aliphatic rings. The van der Waals surface area contributed by atoms with E-state index in [4.69, 9.17) is 5.11 Å². The highest BCUT2D eigenvalue weighted by Crippen LogP contribution is 2.26. The molecule has 0 radical (unpaired) electrons. The Bertz CT molecular complexity index is 1240. The van der Waals surface area contributed by atoms with Gasteiger partial charge < -0.3 is 15.4 Å². The van der Waals surface area contributed by atoms with E-state index < -0.39 is 5.97 Å². The van der Waals surface area contributed by atoms with E-state index in [0.29, 0.717) is 27.0 Å². The van der Waals surface area contributed by atoms with Crippen molar-refractivity contribution < 1.29 is 14.7 Å². The lowest BCUT2D eigenvalue weighted by atomic mass is 10.1. The lowest BCUT2D eigenvalue weighted by molar-refractivity contribution is 0.0696. The van der Waals surface area contributed by atoms with Crippen LogP contribution in [0.2, 0.25) is 0 Å². The van der Waals surface area contributed by atoms with Gasteiger partial charge in [-0.15, -0.1) is 11.3 Å².